The number of hydrogen-bond acceptors (Lipinski definition) is 4. The van der Waals surface area contributed by atoms with E-state index in [1.807, 2.05) is 0 Å². The lowest BCUT2D eigenvalue weighted by Crippen LogP contribution is -2.36. The molecule has 4 nitrogen and oxygen atoms in total. The van der Waals surface area contributed by atoms with E-state index in [2.05, 4.69) is 14.7 Å². The molecule has 0 spiro atoms. The Morgan fingerprint density at radius 2 is 1.67 bits per heavy atom. The van der Waals surface area contributed by atoms with Crippen molar-refractivity contribution in [2.24, 2.45) is 5.73 Å². The first-order chi connectivity index (χ1) is 8.17. The highest BCUT2D eigenvalue weighted by molar-refractivity contribution is 5.08. The molecule has 1 aliphatic carbocycles. The van der Waals surface area contributed by atoms with Crippen molar-refractivity contribution in [2.45, 2.75) is 43.3 Å². The van der Waals surface area contributed by atoms with Gasteiger partial charge in [0, 0.05) is 0 Å². The van der Waals surface area contributed by atoms with E-state index in [0.29, 0.717) is 12.8 Å². The van der Waals surface area contributed by atoms with Crippen LogP contribution in [0, 0.1) is 0 Å². The second-order valence-electron chi connectivity index (χ2n) is 4.36. The molecule has 1 saturated carbocycles. The van der Waals surface area contributed by atoms with Gasteiger partial charge in [-0.3, -0.25) is 0 Å². The molecule has 0 radical (unpaired) electrons. The molecular formula is C9H10F5N3O. The van der Waals surface area contributed by atoms with Gasteiger partial charge in [-0.2, -0.15) is 26.9 Å². The molecule has 0 aliphatic heterocycles. The minimum Gasteiger partial charge on any atom is -0.332 e. The maximum Gasteiger partial charge on any atom is 0.463 e. The number of alkyl halides is 5. The summed E-state index contributed by atoms with van der Waals surface area (Å²) in [6, 6.07) is 0. The maximum absolute atomic E-state index is 12.9. The zero-order chi connectivity index (χ0) is 13.6. The number of aromatic nitrogens is 2. The zero-order valence-corrected chi connectivity index (χ0v) is 9.10. The Morgan fingerprint density at radius 3 is 2.17 bits per heavy atom. The molecule has 0 amide bonds. The van der Waals surface area contributed by atoms with E-state index in [1.165, 1.54) is 0 Å². The molecular weight excluding hydrogens is 261 g/mol. The number of nitrogens with two attached hydrogens (primary N) is 1. The van der Waals surface area contributed by atoms with Gasteiger partial charge < -0.3 is 10.3 Å². The second kappa shape index (κ2) is 3.87. The first-order valence-corrected chi connectivity index (χ1v) is 5.25. The molecule has 1 aliphatic rings. The van der Waals surface area contributed by atoms with Crippen molar-refractivity contribution in [3.05, 3.63) is 11.7 Å². The largest absolute Gasteiger partial charge is 0.463 e. The molecule has 0 bridgehead atoms. The lowest BCUT2D eigenvalue weighted by Gasteiger charge is -2.18. The van der Waals surface area contributed by atoms with Gasteiger partial charge in [-0.05, 0) is 12.8 Å². The molecule has 1 aromatic rings. The van der Waals surface area contributed by atoms with E-state index >= 15 is 0 Å². The molecule has 0 saturated heterocycles. The van der Waals surface area contributed by atoms with Crippen LogP contribution in [0.4, 0.5) is 22.0 Å². The third kappa shape index (κ3) is 1.96. The van der Waals surface area contributed by atoms with Gasteiger partial charge in [0.2, 0.25) is 0 Å². The van der Waals surface area contributed by atoms with Crippen LogP contribution < -0.4 is 5.73 Å². The van der Waals surface area contributed by atoms with Crippen LogP contribution >= 0.6 is 0 Å². The molecule has 102 valence electrons. The predicted molar refractivity (Wildman–Crippen MR) is 48.6 cm³/mol. The fourth-order valence-electron chi connectivity index (χ4n) is 1.90. The third-order valence-electron chi connectivity index (χ3n) is 2.99. The predicted octanol–water partition coefficient (Wildman–Crippen LogP) is 2.45. The Kier molecular flexibility index (Phi) is 2.84. The van der Waals surface area contributed by atoms with Crippen LogP contribution in [0.3, 0.4) is 0 Å². The highest BCUT2D eigenvalue weighted by atomic mass is 19.4. The summed E-state index contributed by atoms with van der Waals surface area (Å²) in [5.41, 5.74) is 4.77. The molecule has 0 aromatic carbocycles. The van der Waals surface area contributed by atoms with Crippen LogP contribution in [0.5, 0.6) is 0 Å². The molecule has 0 atom stereocenters. The Balaban J connectivity index is 2.31. The lowest BCUT2D eigenvalue weighted by atomic mass is 9.99. The minimum absolute atomic E-state index is 0.293. The number of rotatable bonds is 2. The van der Waals surface area contributed by atoms with Gasteiger partial charge in [0.1, 0.15) is 0 Å². The van der Waals surface area contributed by atoms with Crippen LogP contribution in [0.2, 0.25) is 0 Å². The summed E-state index contributed by atoms with van der Waals surface area (Å²) in [6.45, 7) is 0. The van der Waals surface area contributed by atoms with Crippen molar-refractivity contribution in [1.82, 2.24) is 10.1 Å². The quantitative estimate of drug-likeness (QED) is 0.839. The van der Waals surface area contributed by atoms with Crippen molar-refractivity contribution in [3.63, 3.8) is 0 Å². The highest BCUT2D eigenvalue weighted by Crippen LogP contribution is 2.44. The topological polar surface area (TPSA) is 64.9 Å². The van der Waals surface area contributed by atoms with Gasteiger partial charge >= 0.3 is 18.0 Å². The van der Waals surface area contributed by atoms with E-state index < -0.39 is 23.5 Å². The SMILES string of the molecule is NC1(c2noc(C(F)(F)C(F)(F)F)n2)CCCC1. The average Bonchev–Trinajstić information content (AvgIpc) is 2.84. The summed E-state index contributed by atoms with van der Waals surface area (Å²) in [4.78, 5) is 3.13. The van der Waals surface area contributed by atoms with Crippen molar-refractivity contribution in [3.8, 4) is 0 Å². The molecule has 1 heterocycles. The first-order valence-electron chi connectivity index (χ1n) is 5.25. The summed E-state index contributed by atoms with van der Waals surface area (Å²) < 4.78 is 66.2. The van der Waals surface area contributed by atoms with Crippen molar-refractivity contribution in [2.75, 3.05) is 0 Å². The maximum atomic E-state index is 12.9. The van der Waals surface area contributed by atoms with Gasteiger partial charge in [-0.1, -0.05) is 18.0 Å². The Morgan fingerprint density at radius 1 is 1.11 bits per heavy atom. The van der Waals surface area contributed by atoms with Gasteiger partial charge in [-0.15, -0.1) is 0 Å². The van der Waals surface area contributed by atoms with Gasteiger partial charge in [-0.25, -0.2) is 0 Å². The van der Waals surface area contributed by atoms with E-state index in [-0.39, 0.29) is 5.82 Å². The van der Waals surface area contributed by atoms with Crippen LogP contribution in [0.15, 0.2) is 4.52 Å². The number of halogens is 5. The Bertz CT molecular complexity index is 436. The molecule has 9 heteroatoms. The molecule has 2 rings (SSSR count). The third-order valence-corrected chi connectivity index (χ3v) is 2.99. The Hall–Kier alpha value is -1.25. The standard InChI is InChI=1S/C9H10F5N3O/c10-8(11,9(12,13)14)6-16-5(17-18-6)7(15)3-1-2-4-7/h1-4,15H2. The van der Waals surface area contributed by atoms with Crippen LogP contribution in [0.1, 0.15) is 37.4 Å². The molecule has 0 unspecified atom stereocenters. The average molecular weight is 271 g/mol. The first kappa shape index (κ1) is 13.2. The summed E-state index contributed by atoms with van der Waals surface area (Å²) in [5.74, 6) is -7.21. The van der Waals surface area contributed by atoms with Crippen molar-refractivity contribution in [1.29, 1.82) is 0 Å². The summed E-state index contributed by atoms with van der Waals surface area (Å²) in [5, 5.41) is 3.16. The van der Waals surface area contributed by atoms with Crippen molar-refractivity contribution < 1.29 is 26.5 Å². The Labute approximate surface area is 98.3 Å². The van der Waals surface area contributed by atoms with Crippen LogP contribution in [-0.4, -0.2) is 16.3 Å². The van der Waals surface area contributed by atoms with Crippen LogP contribution in [-0.2, 0) is 11.5 Å². The summed E-state index contributed by atoms with van der Waals surface area (Å²) in [7, 11) is 0. The second-order valence-corrected chi connectivity index (χ2v) is 4.36. The van der Waals surface area contributed by atoms with E-state index in [1.54, 1.807) is 0 Å². The molecule has 2 N–H and O–H groups in total. The van der Waals surface area contributed by atoms with E-state index in [9.17, 15) is 22.0 Å². The fourth-order valence-corrected chi connectivity index (χ4v) is 1.90. The molecule has 1 aromatic heterocycles. The molecule has 1 fully saturated rings. The molecule has 18 heavy (non-hydrogen) atoms. The normalized spacial score (nSPS) is 20.3. The lowest BCUT2D eigenvalue weighted by molar-refractivity contribution is -0.298. The number of hydrogen-bond donors (Lipinski definition) is 1. The van der Waals surface area contributed by atoms with E-state index in [4.69, 9.17) is 5.73 Å². The smallest absolute Gasteiger partial charge is 0.332 e. The van der Waals surface area contributed by atoms with Crippen molar-refractivity contribution >= 4 is 0 Å². The summed E-state index contributed by atoms with van der Waals surface area (Å²) in [6.07, 6.45) is -3.41. The van der Waals surface area contributed by atoms with E-state index in [0.717, 1.165) is 12.8 Å². The van der Waals surface area contributed by atoms with Gasteiger partial charge in [0.05, 0.1) is 5.54 Å². The van der Waals surface area contributed by atoms with Gasteiger partial charge in [0.15, 0.2) is 5.82 Å². The summed E-state index contributed by atoms with van der Waals surface area (Å²) >= 11 is 0. The van der Waals surface area contributed by atoms with Gasteiger partial charge in [0.25, 0.3) is 0 Å². The fraction of sp³-hybridized carbons (Fsp3) is 0.778. The monoisotopic (exact) mass is 271 g/mol. The van der Waals surface area contributed by atoms with Crippen LogP contribution in [0.25, 0.3) is 0 Å². The zero-order valence-electron chi connectivity index (χ0n) is 9.10. The minimum atomic E-state index is -5.77. The number of nitrogens with zero attached hydrogens (tertiary/aromatic N) is 2. The highest BCUT2D eigenvalue weighted by Gasteiger charge is 2.63.